The number of pyridine rings is 1. The number of hydrogen-bond acceptors (Lipinski definition) is 3. The van der Waals surface area contributed by atoms with Crippen LogP contribution in [0.2, 0.25) is 0 Å². The highest BCUT2D eigenvalue weighted by Gasteiger charge is 2.11. The van der Waals surface area contributed by atoms with E-state index in [4.69, 9.17) is 10.5 Å². The fraction of sp³-hybridized carbons (Fsp3) is 0.235. The van der Waals surface area contributed by atoms with E-state index >= 15 is 0 Å². The second-order valence-electron chi connectivity index (χ2n) is 5.05. The van der Waals surface area contributed by atoms with Gasteiger partial charge in [0.1, 0.15) is 5.75 Å². The third kappa shape index (κ3) is 2.28. The molecule has 4 nitrogen and oxygen atoms in total. The summed E-state index contributed by atoms with van der Waals surface area (Å²) in [5.74, 6) is 0.799. The Kier molecular flexibility index (Phi) is 3.62. The lowest BCUT2D eigenvalue weighted by atomic mass is 10.1. The normalized spacial score (nSPS) is 11.1. The van der Waals surface area contributed by atoms with E-state index < -0.39 is 0 Å². The molecule has 0 aliphatic heterocycles. The van der Waals surface area contributed by atoms with E-state index in [-0.39, 0.29) is 5.56 Å². The van der Waals surface area contributed by atoms with Crippen molar-refractivity contribution in [2.45, 2.75) is 6.42 Å². The molecule has 0 aliphatic carbocycles. The Morgan fingerprint density at radius 1 is 1.10 bits per heavy atom. The van der Waals surface area contributed by atoms with Crippen LogP contribution in [0.1, 0.15) is 6.42 Å². The number of nitrogens with zero attached hydrogens (tertiary/aromatic N) is 1. The average molecular weight is 282 g/mol. The Labute approximate surface area is 122 Å². The first-order valence-corrected chi connectivity index (χ1v) is 7.07. The van der Waals surface area contributed by atoms with Crippen LogP contribution >= 0.6 is 0 Å². The van der Waals surface area contributed by atoms with Crippen molar-refractivity contribution < 1.29 is 4.74 Å². The predicted molar refractivity (Wildman–Crippen MR) is 85.9 cm³/mol. The van der Waals surface area contributed by atoms with Crippen molar-refractivity contribution in [3.05, 3.63) is 52.8 Å². The highest BCUT2D eigenvalue weighted by Crippen LogP contribution is 2.31. The van der Waals surface area contributed by atoms with Crippen LogP contribution in [0.5, 0.6) is 5.75 Å². The summed E-state index contributed by atoms with van der Waals surface area (Å²) >= 11 is 0. The molecule has 0 aliphatic rings. The van der Waals surface area contributed by atoms with Crippen molar-refractivity contribution in [1.82, 2.24) is 4.57 Å². The number of fused-ring (bicyclic) bond motifs is 3. The first-order chi connectivity index (χ1) is 10.2. The Hall–Kier alpha value is -2.33. The highest BCUT2D eigenvalue weighted by atomic mass is 16.5. The average Bonchev–Trinajstić information content (AvgIpc) is 2.53. The lowest BCUT2D eigenvalue weighted by molar-refractivity contribution is 0.317. The van der Waals surface area contributed by atoms with E-state index in [1.165, 1.54) is 0 Å². The van der Waals surface area contributed by atoms with Crippen LogP contribution in [0.25, 0.3) is 21.7 Å². The molecule has 0 fully saturated rings. The van der Waals surface area contributed by atoms with Crippen LogP contribution in [0.15, 0.2) is 47.3 Å². The number of aryl methyl sites for hydroxylation is 1. The summed E-state index contributed by atoms with van der Waals surface area (Å²) in [6, 6.07) is 13.4. The third-order valence-electron chi connectivity index (χ3n) is 3.70. The van der Waals surface area contributed by atoms with Crippen molar-refractivity contribution in [1.29, 1.82) is 0 Å². The smallest absolute Gasteiger partial charge is 0.258 e. The molecule has 1 heterocycles. The largest absolute Gasteiger partial charge is 0.493 e. The Bertz CT molecular complexity index is 852. The van der Waals surface area contributed by atoms with E-state index in [2.05, 4.69) is 0 Å². The molecule has 2 N–H and O–H groups in total. The lowest BCUT2D eigenvalue weighted by Gasteiger charge is -2.13. The zero-order valence-electron chi connectivity index (χ0n) is 12.0. The van der Waals surface area contributed by atoms with Gasteiger partial charge in [-0.2, -0.15) is 0 Å². The Morgan fingerprint density at radius 2 is 1.86 bits per heavy atom. The summed E-state index contributed by atoms with van der Waals surface area (Å²) in [5.41, 5.74) is 6.40. The van der Waals surface area contributed by atoms with Gasteiger partial charge >= 0.3 is 0 Å². The molecule has 0 saturated heterocycles. The maximum absolute atomic E-state index is 12.4. The number of benzene rings is 2. The van der Waals surface area contributed by atoms with Gasteiger partial charge in [0.25, 0.3) is 5.56 Å². The summed E-state index contributed by atoms with van der Waals surface area (Å²) in [7, 11) is 1.79. The molecule has 0 saturated carbocycles. The van der Waals surface area contributed by atoms with Gasteiger partial charge in [-0.3, -0.25) is 4.79 Å². The molecular formula is C17H18N2O2. The van der Waals surface area contributed by atoms with Crippen molar-refractivity contribution in [3.63, 3.8) is 0 Å². The maximum Gasteiger partial charge on any atom is 0.258 e. The number of hydrogen-bond donors (Lipinski definition) is 1. The number of ether oxygens (including phenoxy) is 1. The number of rotatable bonds is 4. The van der Waals surface area contributed by atoms with Gasteiger partial charge < -0.3 is 15.0 Å². The molecule has 2 aromatic carbocycles. The van der Waals surface area contributed by atoms with Gasteiger partial charge in [-0.05, 0) is 31.2 Å². The monoisotopic (exact) mass is 282 g/mol. The summed E-state index contributed by atoms with van der Waals surface area (Å²) in [6.07, 6.45) is 0.806. The number of nitrogens with two attached hydrogens (primary N) is 1. The van der Waals surface area contributed by atoms with Gasteiger partial charge in [-0.1, -0.05) is 24.3 Å². The zero-order chi connectivity index (χ0) is 14.8. The molecular weight excluding hydrogens is 264 g/mol. The number of aromatic nitrogens is 1. The fourth-order valence-electron chi connectivity index (χ4n) is 2.63. The maximum atomic E-state index is 12.4. The third-order valence-corrected chi connectivity index (χ3v) is 3.70. The minimum absolute atomic E-state index is 0.0113. The quantitative estimate of drug-likeness (QED) is 0.590. The van der Waals surface area contributed by atoms with Gasteiger partial charge in [-0.25, -0.2) is 0 Å². The van der Waals surface area contributed by atoms with Crippen LogP contribution in [0, 0.1) is 0 Å². The lowest BCUT2D eigenvalue weighted by Crippen LogP contribution is -2.17. The Balaban J connectivity index is 2.33. The van der Waals surface area contributed by atoms with E-state index in [0.717, 1.165) is 28.5 Å². The molecule has 0 spiro atoms. The van der Waals surface area contributed by atoms with Crippen molar-refractivity contribution in [2.24, 2.45) is 12.8 Å². The molecule has 4 heteroatoms. The van der Waals surface area contributed by atoms with Crippen LogP contribution in [-0.2, 0) is 7.05 Å². The topological polar surface area (TPSA) is 57.2 Å². The van der Waals surface area contributed by atoms with Gasteiger partial charge in [0.2, 0.25) is 0 Å². The van der Waals surface area contributed by atoms with E-state index in [9.17, 15) is 4.79 Å². The molecule has 1 aromatic heterocycles. The standard InChI is InChI=1S/C17H18N2O2/c1-19-14-8-4-9-15(21-11-5-10-18)16(14)12-6-2-3-7-13(12)17(19)20/h2-4,6-9H,5,10-11,18H2,1H3. The minimum Gasteiger partial charge on any atom is -0.493 e. The fourth-order valence-corrected chi connectivity index (χ4v) is 2.63. The molecule has 21 heavy (non-hydrogen) atoms. The van der Waals surface area contributed by atoms with Crippen LogP contribution < -0.4 is 16.0 Å². The van der Waals surface area contributed by atoms with Crippen molar-refractivity contribution in [3.8, 4) is 5.75 Å². The first kappa shape index (κ1) is 13.6. The molecule has 0 radical (unpaired) electrons. The summed E-state index contributed by atoms with van der Waals surface area (Å²) in [5, 5.41) is 2.62. The summed E-state index contributed by atoms with van der Waals surface area (Å²) < 4.78 is 7.54. The predicted octanol–water partition coefficient (Wildman–Crippen LogP) is 2.42. The molecule has 0 bridgehead atoms. The van der Waals surface area contributed by atoms with Gasteiger partial charge in [0, 0.05) is 23.2 Å². The van der Waals surface area contributed by atoms with Gasteiger partial charge in [-0.15, -0.1) is 0 Å². The zero-order valence-corrected chi connectivity index (χ0v) is 12.0. The van der Waals surface area contributed by atoms with Crippen molar-refractivity contribution in [2.75, 3.05) is 13.2 Å². The van der Waals surface area contributed by atoms with E-state index in [1.54, 1.807) is 11.6 Å². The molecule has 0 amide bonds. The summed E-state index contributed by atoms with van der Waals surface area (Å²) in [6.45, 7) is 1.18. The second kappa shape index (κ2) is 5.58. The second-order valence-corrected chi connectivity index (χ2v) is 5.05. The molecule has 108 valence electrons. The van der Waals surface area contributed by atoms with Gasteiger partial charge in [0.05, 0.1) is 12.1 Å². The molecule has 3 rings (SSSR count). The van der Waals surface area contributed by atoms with Crippen molar-refractivity contribution >= 4 is 21.7 Å². The minimum atomic E-state index is 0.0113. The van der Waals surface area contributed by atoms with Crippen LogP contribution in [-0.4, -0.2) is 17.7 Å². The van der Waals surface area contributed by atoms with Gasteiger partial charge in [0.15, 0.2) is 0 Å². The van der Waals surface area contributed by atoms with Crippen LogP contribution in [0.3, 0.4) is 0 Å². The van der Waals surface area contributed by atoms with E-state index in [1.807, 2.05) is 42.5 Å². The molecule has 0 unspecified atom stereocenters. The van der Waals surface area contributed by atoms with E-state index in [0.29, 0.717) is 18.5 Å². The SMILES string of the molecule is Cn1c(=O)c2ccccc2c2c(OCCCN)cccc21. The first-order valence-electron chi connectivity index (χ1n) is 7.07. The summed E-state index contributed by atoms with van der Waals surface area (Å²) in [4.78, 5) is 12.4. The molecule has 3 aromatic rings. The molecule has 0 atom stereocenters. The highest BCUT2D eigenvalue weighted by molar-refractivity contribution is 6.08. The Morgan fingerprint density at radius 3 is 2.62 bits per heavy atom. The van der Waals surface area contributed by atoms with Crippen LogP contribution in [0.4, 0.5) is 0 Å².